The fourth-order valence-corrected chi connectivity index (χ4v) is 2.70. The Balaban J connectivity index is 0.00000400. The van der Waals surface area contributed by atoms with E-state index >= 15 is 0 Å². The van der Waals surface area contributed by atoms with Crippen LogP contribution in [0.1, 0.15) is 46.5 Å². The Hall–Kier alpha value is -0.810. The number of nitrogens with zero attached hydrogens (tertiary/aromatic N) is 1. The zero-order valence-electron chi connectivity index (χ0n) is 13.5. The molecule has 2 atom stereocenters. The van der Waals surface area contributed by atoms with Crippen molar-refractivity contribution in [1.82, 2.24) is 15.5 Å². The summed E-state index contributed by atoms with van der Waals surface area (Å²) in [5.74, 6) is 0.457. The Morgan fingerprint density at radius 2 is 1.95 bits per heavy atom. The number of carbonyl (C=O) groups excluding carboxylic acids is 2. The normalized spacial score (nSPS) is 21.3. The third kappa shape index (κ3) is 7.14. The van der Waals surface area contributed by atoms with Gasteiger partial charge in [-0.3, -0.25) is 9.59 Å². The van der Waals surface area contributed by atoms with Gasteiger partial charge < -0.3 is 15.5 Å². The Morgan fingerprint density at radius 3 is 2.52 bits per heavy atom. The van der Waals surface area contributed by atoms with Gasteiger partial charge in [-0.05, 0) is 46.6 Å². The lowest BCUT2D eigenvalue weighted by atomic mass is 9.92. The van der Waals surface area contributed by atoms with Crippen LogP contribution in [-0.4, -0.2) is 48.9 Å². The zero-order valence-corrected chi connectivity index (χ0v) is 14.3. The lowest BCUT2D eigenvalue weighted by Crippen LogP contribution is -2.42. The summed E-state index contributed by atoms with van der Waals surface area (Å²) < 4.78 is 0. The van der Waals surface area contributed by atoms with Gasteiger partial charge in [-0.1, -0.05) is 0 Å². The highest BCUT2D eigenvalue weighted by atomic mass is 35.5. The predicted molar refractivity (Wildman–Crippen MR) is 87.6 cm³/mol. The highest BCUT2D eigenvalue weighted by molar-refractivity contribution is 5.85. The van der Waals surface area contributed by atoms with Crippen LogP contribution in [0, 0.1) is 5.92 Å². The fourth-order valence-electron chi connectivity index (χ4n) is 2.70. The van der Waals surface area contributed by atoms with Crippen molar-refractivity contribution in [3.63, 3.8) is 0 Å². The van der Waals surface area contributed by atoms with E-state index in [4.69, 9.17) is 0 Å². The summed E-state index contributed by atoms with van der Waals surface area (Å²) >= 11 is 0. The molecule has 0 spiro atoms. The maximum atomic E-state index is 12.0. The van der Waals surface area contributed by atoms with Crippen molar-refractivity contribution in [1.29, 1.82) is 0 Å². The third-order valence-corrected chi connectivity index (χ3v) is 3.98. The SMILES string of the molecule is CCN(CC)C(=O)CCCNC(=O)[C@H]1CCN[C@@H](C)C1.Cl. The Kier molecular flexibility index (Phi) is 10.4. The smallest absolute Gasteiger partial charge is 0.223 e. The first-order valence-electron chi connectivity index (χ1n) is 7.87. The molecule has 1 saturated heterocycles. The molecule has 2 amide bonds. The van der Waals surface area contributed by atoms with Crippen molar-refractivity contribution in [2.45, 2.75) is 52.5 Å². The van der Waals surface area contributed by atoms with Crippen LogP contribution in [0.4, 0.5) is 0 Å². The summed E-state index contributed by atoms with van der Waals surface area (Å²) in [6, 6.07) is 0.420. The van der Waals surface area contributed by atoms with E-state index in [-0.39, 0.29) is 30.1 Å². The van der Waals surface area contributed by atoms with Crippen LogP contribution in [-0.2, 0) is 9.59 Å². The molecule has 0 aromatic heterocycles. The van der Waals surface area contributed by atoms with Gasteiger partial charge in [-0.15, -0.1) is 12.4 Å². The van der Waals surface area contributed by atoms with Gasteiger partial charge >= 0.3 is 0 Å². The van der Waals surface area contributed by atoms with Gasteiger partial charge in [0.2, 0.25) is 11.8 Å². The van der Waals surface area contributed by atoms with Crippen molar-refractivity contribution in [2.75, 3.05) is 26.2 Å². The number of hydrogen-bond acceptors (Lipinski definition) is 3. The number of piperidine rings is 1. The van der Waals surface area contributed by atoms with Gasteiger partial charge in [0.05, 0.1) is 0 Å². The highest BCUT2D eigenvalue weighted by Crippen LogP contribution is 2.15. The molecule has 0 aliphatic carbocycles. The lowest BCUT2D eigenvalue weighted by Gasteiger charge is -2.27. The molecule has 1 aliphatic heterocycles. The highest BCUT2D eigenvalue weighted by Gasteiger charge is 2.24. The molecule has 0 radical (unpaired) electrons. The molecular weight excluding hydrogens is 290 g/mol. The number of hydrogen-bond donors (Lipinski definition) is 2. The largest absolute Gasteiger partial charge is 0.356 e. The molecule has 0 unspecified atom stereocenters. The van der Waals surface area contributed by atoms with E-state index in [0.29, 0.717) is 19.0 Å². The van der Waals surface area contributed by atoms with Crippen LogP contribution in [0.5, 0.6) is 0 Å². The molecule has 1 heterocycles. The first-order chi connectivity index (χ1) is 9.58. The van der Waals surface area contributed by atoms with Crippen molar-refractivity contribution >= 4 is 24.2 Å². The van der Waals surface area contributed by atoms with E-state index in [0.717, 1.165) is 38.9 Å². The molecular formula is C15H30ClN3O2. The number of rotatable bonds is 7. The van der Waals surface area contributed by atoms with Gasteiger partial charge in [0.25, 0.3) is 0 Å². The Morgan fingerprint density at radius 1 is 1.29 bits per heavy atom. The minimum Gasteiger partial charge on any atom is -0.356 e. The van der Waals surface area contributed by atoms with Gasteiger partial charge in [-0.25, -0.2) is 0 Å². The van der Waals surface area contributed by atoms with E-state index < -0.39 is 0 Å². The fraction of sp³-hybridized carbons (Fsp3) is 0.867. The summed E-state index contributed by atoms with van der Waals surface area (Å²) in [6.07, 6.45) is 3.06. The molecule has 1 rings (SSSR count). The summed E-state index contributed by atoms with van der Waals surface area (Å²) in [7, 11) is 0. The van der Waals surface area contributed by atoms with Crippen LogP contribution in [0.3, 0.4) is 0 Å². The molecule has 0 bridgehead atoms. The van der Waals surface area contributed by atoms with Crippen molar-refractivity contribution in [3.05, 3.63) is 0 Å². The molecule has 0 aromatic carbocycles. The van der Waals surface area contributed by atoms with Gasteiger partial charge in [0.1, 0.15) is 0 Å². The molecule has 21 heavy (non-hydrogen) atoms. The molecule has 6 heteroatoms. The lowest BCUT2D eigenvalue weighted by molar-refractivity contribution is -0.131. The molecule has 2 N–H and O–H groups in total. The number of nitrogens with one attached hydrogen (secondary N) is 2. The van der Waals surface area contributed by atoms with Gasteiger partial charge in [0.15, 0.2) is 0 Å². The van der Waals surface area contributed by atoms with Crippen LogP contribution in [0.25, 0.3) is 0 Å². The van der Waals surface area contributed by atoms with Crippen LogP contribution >= 0.6 is 12.4 Å². The van der Waals surface area contributed by atoms with E-state index in [9.17, 15) is 9.59 Å². The maximum Gasteiger partial charge on any atom is 0.223 e. The minimum atomic E-state index is 0. The third-order valence-electron chi connectivity index (χ3n) is 3.98. The Bertz CT molecular complexity index is 322. The second-order valence-electron chi connectivity index (χ2n) is 5.54. The van der Waals surface area contributed by atoms with E-state index in [1.54, 1.807) is 0 Å². The van der Waals surface area contributed by atoms with Crippen molar-refractivity contribution in [2.24, 2.45) is 5.92 Å². The molecule has 0 saturated carbocycles. The quantitative estimate of drug-likeness (QED) is 0.700. The van der Waals surface area contributed by atoms with Crippen LogP contribution in [0.2, 0.25) is 0 Å². The number of carbonyl (C=O) groups is 2. The molecule has 124 valence electrons. The monoisotopic (exact) mass is 319 g/mol. The van der Waals surface area contributed by atoms with Crippen molar-refractivity contribution in [3.8, 4) is 0 Å². The summed E-state index contributed by atoms with van der Waals surface area (Å²) in [6.45, 7) is 9.12. The summed E-state index contributed by atoms with van der Waals surface area (Å²) in [5, 5.41) is 6.31. The van der Waals surface area contributed by atoms with Crippen LogP contribution < -0.4 is 10.6 Å². The van der Waals surface area contributed by atoms with Crippen LogP contribution in [0.15, 0.2) is 0 Å². The average molecular weight is 320 g/mol. The van der Waals surface area contributed by atoms with E-state index in [1.165, 1.54) is 0 Å². The summed E-state index contributed by atoms with van der Waals surface area (Å²) in [5.41, 5.74) is 0. The first-order valence-corrected chi connectivity index (χ1v) is 7.87. The number of amides is 2. The zero-order chi connectivity index (χ0) is 15.0. The topological polar surface area (TPSA) is 61.4 Å². The Labute approximate surface area is 134 Å². The molecule has 0 aromatic rings. The second kappa shape index (κ2) is 10.9. The maximum absolute atomic E-state index is 12.0. The first kappa shape index (κ1) is 20.2. The predicted octanol–water partition coefficient (Wildman–Crippen LogP) is 1.56. The number of halogens is 1. The standard InChI is InChI=1S/C15H29N3O2.ClH/c1-4-18(5-2)14(19)7-6-9-17-15(20)13-8-10-16-12(3)11-13;/h12-13,16H,4-11H2,1-3H3,(H,17,20);1H/t12-,13-;/m0./s1. The average Bonchev–Trinajstić information content (AvgIpc) is 2.44. The molecule has 1 fully saturated rings. The van der Waals surface area contributed by atoms with Gasteiger partial charge in [-0.2, -0.15) is 0 Å². The van der Waals surface area contributed by atoms with Crippen molar-refractivity contribution < 1.29 is 9.59 Å². The van der Waals surface area contributed by atoms with Gasteiger partial charge in [0, 0.05) is 38.0 Å². The summed E-state index contributed by atoms with van der Waals surface area (Å²) in [4.78, 5) is 25.6. The minimum absolute atomic E-state index is 0. The van der Waals surface area contributed by atoms with E-state index in [1.807, 2.05) is 18.7 Å². The van der Waals surface area contributed by atoms with E-state index in [2.05, 4.69) is 17.6 Å². The second-order valence-corrected chi connectivity index (χ2v) is 5.54. The molecule has 5 nitrogen and oxygen atoms in total. The molecule has 1 aliphatic rings.